The van der Waals surface area contributed by atoms with E-state index in [1.807, 2.05) is 18.2 Å². The van der Waals surface area contributed by atoms with Gasteiger partial charge >= 0.3 is 6.03 Å². The van der Waals surface area contributed by atoms with Crippen LogP contribution in [0.15, 0.2) is 41.3 Å². The summed E-state index contributed by atoms with van der Waals surface area (Å²) >= 11 is 7.28. The molecular formula is C14H10ClFN2OS. The van der Waals surface area contributed by atoms with E-state index < -0.39 is 0 Å². The van der Waals surface area contributed by atoms with Gasteiger partial charge in [0.15, 0.2) is 0 Å². The number of amides is 2. The lowest BCUT2D eigenvalue weighted by molar-refractivity contribution is 0.257. The van der Waals surface area contributed by atoms with Gasteiger partial charge in [0.2, 0.25) is 0 Å². The third-order valence-electron chi connectivity index (χ3n) is 3.03. The van der Waals surface area contributed by atoms with Crippen molar-refractivity contribution in [1.82, 2.24) is 4.72 Å². The quantitative estimate of drug-likeness (QED) is 0.816. The summed E-state index contributed by atoms with van der Waals surface area (Å²) in [6.07, 6.45) is 0.329. The highest BCUT2D eigenvalue weighted by Gasteiger charge is 2.21. The van der Waals surface area contributed by atoms with Crippen molar-refractivity contribution in [2.45, 2.75) is 11.3 Å². The molecule has 3 rings (SSSR count). The molecule has 3 nitrogen and oxygen atoms in total. The number of rotatable bonds is 2. The average Bonchev–Trinajstić information content (AvgIpc) is 2.44. The van der Waals surface area contributed by atoms with Crippen molar-refractivity contribution in [3.63, 3.8) is 0 Å². The number of carbonyl (C=O) groups excluding carboxylic acids is 1. The zero-order chi connectivity index (χ0) is 14.1. The van der Waals surface area contributed by atoms with Crippen LogP contribution in [0.1, 0.15) is 11.1 Å². The van der Waals surface area contributed by atoms with Crippen molar-refractivity contribution in [3.05, 3.63) is 58.4 Å². The van der Waals surface area contributed by atoms with E-state index in [2.05, 4.69) is 10.0 Å². The predicted octanol–water partition coefficient (Wildman–Crippen LogP) is 4.21. The summed E-state index contributed by atoms with van der Waals surface area (Å²) in [7, 11) is 0. The van der Waals surface area contributed by atoms with Gasteiger partial charge in [0, 0.05) is 17.0 Å². The van der Waals surface area contributed by atoms with Crippen LogP contribution in [0.3, 0.4) is 0 Å². The van der Waals surface area contributed by atoms with Crippen LogP contribution >= 0.6 is 23.5 Å². The first kappa shape index (κ1) is 13.3. The van der Waals surface area contributed by atoms with Gasteiger partial charge in [0.1, 0.15) is 5.82 Å². The van der Waals surface area contributed by atoms with Gasteiger partial charge in [-0.25, -0.2) is 9.18 Å². The zero-order valence-corrected chi connectivity index (χ0v) is 11.8. The number of urea groups is 1. The van der Waals surface area contributed by atoms with Crippen LogP contribution in [0.4, 0.5) is 14.9 Å². The monoisotopic (exact) mass is 308 g/mol. The fourth-order valence-corrected chi connectivity index (χ4v) is 2.94. The van der Waals surface area contributed by atoms with Crippen LogP contribution in [0.2, 0.25) is 5.02 Å². The third kappa shape index (κ3) is 2.46. The van der Waals surface area contributed by atoms with E-state index in [4.69, 9.17) is 11.6 Å². The lowest BCUT2D eigenvalue weighted by atomic mass is 10.0. The minimum absolute atomic E-state index is 0.329. The molecule has 20 heavy (non-hydrogen) atoms. The summed E-state index contributed by atoms with van der Waals surface area (Å²) < 4.78 is 16.7. The Balaban J connectivity index is 2.05. The second kappa shape index (κ2) is 5.34. The molecule has 102 valence electrons. The van der Waals surface area contributed by atoms with Gasteiger partial charge in [0.25, 0.3) is 0 Å². The molecule has 0 bridgehead atoms. The van der Waals surface area contributed by atoms with Crippen molar-refractivity contribution in [1.29, 1.82) is 0 Å². The number of carbonyl (C=O) groups is 1. The lowest BCUT2D eigenvalue weighted by Crippen LogP contribution is -2.28. The molecule has 6 heteroatoms. The Labute approximate surface area is 124 Å². The average molecular weight is 309 g/mol. The molecule has 1 aliphatic heterocycles. The van der Waals surface area contributed by atoms with Crippen LogP contribution in [-0.2, 0) is 6.42 Å². The molecule has 0 spiro atoms. The molecule has 0 aliphatic carbocycles. The second-order valence-electron chi connectivity index (χ2n) is 4.33. The fourth-order valence-electron chi connectivity index (χ4n) is 2.07. The molecule has 2 N–H and O–H groups in total. The molecule has 0 aromatic heterocycles. The standard InChI is InChI=1S/C14H10ClFN2OS/c15-10-4-2-1-3-8(10)7-9-11(16)5-6-12-13(9)17-14(19)18-20-12/h1-6H,7H2,(H2,17,18,19). The van der Waals surface area contributed by atoms with E-state index in [1.165, 1.54) is 18.0 Å². The van der Waals surface area contributed by atoms with Gasteiger partial charge in [-0.2, -0.15) is 0 Å². The molecule has 2 aromatic rings. The van der Waals surface area contributed by atoms with Crippen LogP contribution in [0.5, 0.6) is 0 Å². The first-order valence-corrected chi connectivity index (χ1v) is 7.13. The summed E-state index contributed by atoms with van der Waals surface area (Å²) in [5, 5.41) is 3.24. The van der Waals surface area contributed by atoms with E-state index >= 15 is 0 Å². The topological polar surface area (TPSA) is 41.1 Å². The molecule has 0 radical (unpaired) electrons. The van der Waals surface area contributed by atoms with Gasteiger partial charge in [-0.1, -0.05) is 29.8 Å². The van der Waals surface area contributed by atoms with Crippen LogP contribution in [0, 0.1) is 5.82 Å². The Morgan fingerprint density at radius 1 is 1.20 bits per heavy atom. The SMILES string of the molecule is O=C1NSc2ccc(F)c(Cc3ccccc3Cl)c2N1. The Kier molecular flexibility index (Phi) is 3.54. The normalized spacial score (nSPS) is 13.4. The summed E-state index contributed by atoms with van der Waals surface area (Å²) in [4.78, 5) is 12.2. The van der Waals surface area contributed by atoms with Crippen LogP contribution < -0.4 is 10.0 Å². The number of halogens is 2. The predicted molar refractivity (Wildman–Crippen MR) is 78.7 cm³/mol. The highest BCUT2D eigenvalue weighted by Crippen LogP contribution is 2.35. The molecule has 2 amide bonds. The smallest absolute Gasteiger partial charge is 0.306 e. The molecule has 1 aliphatic rings. The largest absolute Gasteiger partial charge is 0.329 e. The number of hydrogen-bond acceptors (Lipinski definition) is 2. The molecule has 0 fully saturated rings. The first-order chi connectivity index (χ1) is 9.65. The summed E-state index contributed by atoms with van der Waals surface area (Å²) in [5.41, 5.74) is 1.77. The Morgan fingerprint density at radius 3 is 2.80 bits per heavy atom. The Morgan fingerprint density at radius 2 is 2.00 bits per heavy atom. The van der Waals surface area contributed by atoms with Crippen molar-refractivity contribution in [2.75, 3.05) is 5.32 Å². The minimum Gasteiger partial charge on any atom is -0.306 e. The van der Waals surface area contributed by atoms with Crippen LogP contribution in [-0.4, -0.2) is 6.03 Å². The van der Waals surface area contributed by atoms with E-state index in [9.17, 15) is 9.18 Å². The van der Waals surface area contributed by atoms with Crippen molar-refractivity contribution in [2.24, 2.45) is 0 Å². The molecule has 2 aromatic carbocycles. The molecule has 0 atom stereocenters. The van der Waals surface area contributed by atoms with Gasteiger partial charge in [-0.15, -0.1) is 0 Å². The first-order valence-electron chi connectivity index (χ1n) is 5.94. The number of nitrogens with one attached hydrogen (secondary N) is 2. The highest BCUT2D eigenvalue weighted by molar-refractivity contribution is 7.98. The lowest BCUT2D eigenvalue weighted by Gasteiger charge is -2.21. The molecule has 0 saturated heterocycles. The van der Waals surface area contributed by atoms with Crippen molar-refractivity contribution in [3.8, 4) is 0 Å². The number of benzene rings is 2. The molecule has 0 unspecified atom stereocenters. The van der Waals surface area contributed by atoms with E-state index in [0.29, 0.717) is 22.7 Å². The minimum atomic E-state index is -0.355. The Bertz CT molecular complexity index is 693. The van der Waals surface area contributed by atoms with Gasteiger partial charge in [-0.3, -0.25) is 4.72 Å². The van der Waals surface area contributed by atoms with E-state index in [1.54, 1.807) is 12.1 Å². The van der Waals surface area contributed by atoms with Crippen LogP contribution in [0.25, 0.3) is 0 Å². The zero-order valence-electron chi connectivity index (χ0n) is 10.2. The molecule has 0 saturated carbocycles. The summed E-state index contributed by atoms with van der Waals surface area (Å²) in [5.74, 6) is -0.355. The maximum Gasteiger partial charge on any atom is 0.329 e. The molecule has 1 heterocycles. The number of fused-ring (bicyclic) bond motifs is 1. The maximum atomic E-state index is 14.1. The van der Waals surface area contributed by atoms with Gasteiger partial charge in [0.05, 0.1) is 10.6 Å². The van der Waals surface area contributed by atoms with Gasteiger partial charge in [-0.05, 0) is 35.7 Å². The maximum absolute atomic E-state index is 14.1. The highest BCUT2D eigenvalue weighted by atomic mass is 35.5. The molecular weight excluding hydrogens is 299 g/mol. The second-order valence-corrected chi connectivity index (χ2v) is 5.58. The third-order valence-corrected chi connectivity index (χ3v) is 4.25. The van der Waals surface area contributed by atoms with E-state index in [0.717, 1.165) is 10.5 Å². The number of hydrogen-bond donors (Lipinski definition) is 2. The van der Waals surface area contributed by atoms with E-state index in [-0.39, 0.29) is 11.8 Å². The number of anilines is 1. The van der Waals surface area contributed by atoms with Gasteiger partial charge < -0.3 is 5.32 Å². The van der Waals surface area contributed by atoms with Crippen molar-refractivity contribution >= 4 is 35.3 Å². The Hall–Kier alpha value is -1.72. The summed E-state index contributed by atoms with van der Waals surface area (Å²) in [6.45, 7) is 0. The van der Waals surface area contributed by atoms with Crippen molar-refractivity contribution < 1.29 is 9.18 Å². The summed E-state index contributed by atoms with van der Waals surface area (Å²) in [6, 6.07) is 9.97. The fraction of sp³-hybridized carbons (Fsp3) is 0.0714.